The number of carbonyl (C=O) groups is 5. The SMILES string of the molecule is CC(C)(C)OC(=O)N1CCC2(CC1)CN(C(=O)Nc1ccc3c(c1)CC1(C3)NC(=O)NC1=O)C(=O)c1ccccc1O2. The van der Waals surface area contributed by atoms with Gasteiger partial charge in [-0.2, -0.15) is 0 Å². The van der Waals surface area contributed by atoms with Gasteiger partial charge in [0, 0.05) is 44.5 Å². The fourth-order valence-electron chi connectivity index (χ4n) is 6.07. The normalized spacial score (nSPS) is 22.6. The van der Waals surface area contributed by atoms with Gasteiger partial charge in [0.25, 0.3) is 11.8 Å². The van der Waals surface area contributed by atoms with Crippen LogP contribution in [0.4, 0.5) is 20.1 Å². The number of carbonyl (C=O) groups excluding carboxylic acids is 5. The van der Waals surface area contributed by atoms with E-state index >= 15 is 0 Å². The van der Waals surface area contributed by atoms with Gasteiger partial charge in [-0.1, -0.05) is 18.2 Å². The number of para-hydroxylation sites is 1. The maximum absolute atomic E-state index is 13.7. The van der Waals surface area contributed by atoms with Gasteiger partial charge in [-0.3, -0.25) is 19.8 Å². The van der Waals surface area contributed by atoms with Crippen molar-refractivity contribution in [1.82, 2.24) is 20.4 Å². The number of hydrogen-bond acceptors (Lipinski definition) is 7. The minimum absolute atomic E-state index is 0.00520. The molecular formula is C30H33N5O7. The number of urea groups is 2. The Bertz CT molecular complexity index is 1510. The number of ether oxygens (including phenoxy) is 2. The van der Waals surface area contributed by atoms with E-state index in [1.807, 2.05) is 26.8 Å². The van der Waals surface area contributed by atoms with E-state index in [0.29, 0.717) is 50.2 Å². The first kappa shape index (κ1) is 27.6. The number of amides is 7. The molecule has 42 heavy (non-hydrogen) atoms. The number of anilines is 1. The van der Waals surface area contributed by atoms with Gasteiger partial charge in [-0.15, -0.1) is 0 Å². The quantitative estimate of drug-likeness (QED) is 0.443. The molecular weight excluding hydrogens is 542 g/mol. The second-order valence-corrected chi connectivity index (χ2v) is 12.4. The number of hydrogen-bond donors (Lipinski definition) is 3. The van der Waals surface area contributed by atoms with Crippen LogP contribution in [0, 0.1) is 0 Å². The van der Waals surface area contributed by atoms with Crippen molar-refractivity contribution in [2.45, 2.75) is 63.2 Å². The summed E-state index contributed by atoms with van der Waals surface area (Å²) in [6.07, 6.45) is 1.03. The Kier molecular flexibility index (Phi) is 6.39. The number of fused-ring (bicyclic) bond motifs is 2. The van der Waals surface area contributed by atoms with Gasteiger partial charge in [0.1, 0.15) is 22.5 Å². The third-order valence-corrected chi connectivity index (χ3v) is 8.16. The Hall–Kier alpha value is -4.61. The summed E-state index contributed by atoms with van der Waals surface area (Å²) in [5.74, 6) is -0.464. The first-order chi connectivity index (χ1) is 19.9. The summed E-state index contributed by atoms with van der Waals surface area (Å²) in [4.78, 5) is 67.0. The molecule has 2 fully saturated rings. The average molecular weight is 576 g/mol. The lowest BCUT2D eigenvalue weighted by atomic mass is 9.90. The molecule has 2 spiro atoms. The minimum Gasteiger partial charge on any atom is -0.484 e. The van der Waals surface area contributed by atoms with E-state index in [-0.39, 0.29) is 18.0 Å². The predicted molar refractivity (Wildman–Crippen MR) is 150 cm³/mol. The van der Waals surface area contributed by atoms with Crippen LogP contribution in [-0.2, 0) is 22.4 Å². The van der Waals surface area contributed by atoms with Gasteiger partial charge in [-0.25, -0.2) is 14.4 Å². The molecule has 1 atom stereocenters. The molecule has 0 radical (unpaired) electrons. The number of piperidine rings is 1. The molecule has 3 N–H and O–H groups in total. The number of rotatable bonds is 1. The van der Waals surface area contributed by atoms with E-state index in [1.165, 1.54) is 0 Å². The largest absolute Gasteiger partial charge is 0.484 e. The van der Waals surface area contributed by atoms with Gasteiger partial charge in [0.2, 0.25) is 0 Å². The highest BCUT2D eigenvalue weighted by atomic mass is 16.6. The van der Waals surface area contributed by atoms with Gasteiger partial charge >= 0.3 is 18.2 Å². The van der Waals surface area contributed by atoms with E-state index in [4.69, 9.17) is 9.47 Å². The summed E-state index contributed by atoms with van der Waals surface area (Å²) in [5, 5.41) is 7.87. The molecule has 2 aromatic rings. The Morgan fingerprint density at radius 2 is 1.71 bits per heavy atom. The van der Waals surface area contributed by atoms with Crippen LogP contribution in [0.1, 0.15) is 55.1 Å². The summed E-state index contributed by atoms with van der Waals surface area (Å²) in [6.45, 7) is 6.12. The van der Waals surface area contributed by atoms with Crippen LogP contribution in [0.15, 0.2) is 42.5 Å². The number of nitrogens with one attached hydrogen (secondary N) is 3. The fraction of sp³-hybridized carbons (Fsp3) is 0.433. The highest BCUT2D eigenvalue weighted by molar-refractivity contribution is 6.10. The first-order valence-corrected chi connectivity index (χ1v) is 14.0. The van der Waals surface area contributed by atoms with Crippen molar-refractivity contribution >= 4 is 35.7 Å². The van der Waals surface area contributed by atoms with Gasteiger partial charge in [0.15, 0.2) is 0 Å². The average Bonchev–Trinajstić information content (AvgIpc) is 3.38. The lowest BCUT2D eigenvalue weighted by Gasteiger charge is -2.42. The minimum atomic E-state index is -1.02. The molecule has 0 bridgehead atoms. The van der Waals surface area contributed by atoms with Crippen molar-refractivity contribution in [3.8, 4) is 5.75 Å². The Morgan fingerprint density at radius 3 is 2.40 bits per heavy atom. The first-order valence-electron chi connectivity index (χ1n) is 14.0. The molecule has 1 unspecified atom stereocenters. The number of likely N-dealkylation sites (tertiary alicyclic amines) is 1. The van der Waals surface area contributed by atoms with E-state index in [0.717, 1.165) is 16.0 Å². The molecule has 1 aliphatic carbocycles. The summed E-state index contributed by atoms with van der Waals surface area (Å²) in [6, 6.07) is 11.0. The highest BCUT2D eigenvalue weighted by Crippen LogP contribution is 2.37. The van der Waals surface area contributed by atoms with Crippen molar-refractivity contribution < 1.29 is 33.4 Å². The summed E-state index contributed by atoms with van der Waals surface area (Å²) in [5.41, 5.74) is -0.0818. The van der Waals surface area contributed by atoms with Crippen molar-refractivity contribution in [1.29, 1.82) is 0 Å². The maximum atomic E-state index is 13.7. The highest BCUT2D eigenvalue weighted by Gasteiger charge is 2.50. The van der Waals surface area contributed by atoms with Crippen molar-refractivity contribution in [2.24, 2.45) is 0 Å². The molecule has 3 aliphatic heterocycles. The Balaban J connectivity index is 1.21. The summed E-state index contributed by atoms with van der Waals surface area (Å²) in [7, 11) is 0. The standard InChI is InChI=1S/C30H33N5O7/c1-28(2,3)42-27(40)34-12-10-29(11-13-34)17-35(23(36)21-6-4-5-7-22(21)41-29)26(39)31-20-9-8-18-15-30(16-19(18)14-20)24(37)32-25(38)33-30/h4-9,14H,10-13,15-17H2,1-3H3,(H,31,39)(H2,32,33,37,38). The van der Waals surface area contributed by atoms with E-state index < -0.39 is 40.8 Å². The van der Waals surface area contributed by atoms with Crippen LogP contribution in [0.25, 0.3) is 0 Å². The maximum Gasteiger partial charge on any atom is 0.410 e. The van der Waals surface area contributed by atoms with Crippen molar-refractivity contribution in [3.05, 3.63) is 59.2 Å². The van der Waals surface area contributed by atoms with E-state index in [2.05, 4.69) is 16.0 Å². The van der Waals surface area contributed by atoms with Gasteiger partial charge < -0.3 is 25.0 Å². The molecule has 7 amide bonds. The summed E-state index contributed by atoms with van der Waals surface area (Å²) >= 11 is 0. The van der Waals surface area contributed by atoms with E-state index in [1.54, 1.807) is 41.3 Å². The molecule has 6 rings (SSSR count). The number of benzene rings is 2. The topological polar surface area (TPSA) is 146 Å². The summed E-state index contributed by atoms with van der Waals surface area (Å²) < 4.78 is 12.0. The van der Waals surface area contributed by atoms with Gasteiger partial charge in [0.05, 0.1) is 12.1 Å². The molecule has 2 saturated heterocycles. The lowest BCUT2D eigenvalue weighted by Crippen LogP contribution is -2.56. The van der Waals surface area contributed by atoms with Crippen LogP contribution >= 0.6 is 0 Å². The number of imide groups is 2. The van der Waals surface area contributed by atoms with E-state index in [9.17, 15) is 24.0 Å². The molecule has 0 saturated carbocycles. The Labute approximate surface area is 242 Å². The third kappa shape index (κ3) is 5.01. The third-order valence-electron chi connectivity index (χ3n) is 8.16. The Morgan fingerprint density at radius 1 is 1.00 bits per heavy atom. The zero-order valence-corrected chi connectivity index (χ0v) is 23.7. The smallest absolute Gasteiger partial charge is 0.410 e. The predicted octanol–water partition coefficient (Wildman–Crippen LogP) is 3.20. The zero-order valence-electron chi connectivity index (χ0n) is 23.7. The second-order valence-electron chi connectivity index (χ2n) is 12.4. The fourth-order valence-corrected chi connectivity index (χ4v) is 6.07. The lowest BCUT2D eigenvalue weighted by molar-refractivity contribution is -0.123. The van der Waals surface area contributed by atoms with Crippen LogP contribution < -0.4 is 20.7 Å². The second kappa shape index (κ2) is 9.74. The van der Waals surface area contributed by atoms with Crippen LogP contribution in [0.5, 0.6) is 5.75 Å². The molecule has 2 aromatic carbocycles. The van der Waals surface area contributed by atoms with Crippen molar-refractivity contribution in [2.75, 3.05) is 25.0 Å². The molecule has 0 aromatic heterocycles. The van der Waals surface area contributed by atoms with Gasteiger partial charge in [-0.05, 0) is 56.2 Å². The number of nitrogens with zero attached hydrogens (tertiary/aromatic N) is 2. The molecule has 220 valence electrons. The van der Waals surface area contributed by atoms with Crippen LogP contribution in [0.3, 0.4) is 0 Å². The van der Waals surface area contributed by atoms with Crippen LogP contribution in [-0.4, -0.2) is 76.1 Å². The van der Waals surface area contributed by atoms with Crippen LogP contribution in [0.2, 0.25) is 0 Å². The molecule has 12 heteroatoms. The zero-order chi connectivity index (χ0) is 29.9. The monoisotopic (exact) mass is 575 g/mol. The molecule has 3 heterocycles. The molecule has 4 aliphatic rings. The molecule has 12 nitrogen and oxygen atoms in total. The van der Waals surface area contributed by atoms with Crippen molar-refractivity contribution in [3.63, 3.8) is 0 Å².